The van der Waals surface area contributed by atoms with Crippen LogP contribution in [0.3, 0.4) is 0 Å². The van der Waals surface area contributed by atoms with E-state index in [2.05, 4.69) is 0 Å². The van der Waals surface area contributed by atoms with Gasteiger partial charge in [-0.05, 0) is 18.6 Å². The zero-order chi connectivity index (χ0) is 17.1. The average molecular weight is 320 g/mol. The normalized spacial score (nSPS) is 18.9. The van der Waals surface area contributed by atoms with Crippen molar-refractivity contribution in [1.29, 1.82) is 0 Å². The molecule has 1 aromatic carbocycles. The van der Waals surface area contributed by atoms with Crippen molar-refractivity contribution >= 4 is 17.6 Å². The van der Waals surface area contributed by atoms with Crippen LogP contribution in [0, 0.1) is 11.7 Å². The molecule has 6 heteroatoms. The number of ketones is 1. The van der Waals surface area contributed by atoms with E-state index in [0.717, 1.165) is 0 Å². The van der Waals surface area contributed by atoms with Crippen molar-refractivity contribution < 1.29 is 18.8 Å². The van der Waals surface area contributed by atoms with Crippen molar-refractivity contribution in [3.8, 4) is 0 Å². The van der Waals surface area contributed by atoms with Gasteiger partial charge in [0.25, 0.3) is 0 Å². The number of benzene rings is 1. The number of amides is 2. The molecule has 1 heterocycles. The molecule has 1 aromatic rings. The van der Waals surface area contributed by atoms with E-state index in [0.29, 0.717) is 13.0 Å². The van der Waals surface area contributed by atoms with E-state index in [1.807, 2.05) is 0 Å². The Hall–Kier alpha value is -2.24. The van der Waals surface area contributed by atoms with Crippen molar-refractivity contribution in [3.63, 3.8) is 0 Å². The number of hydrogen-bond acceptors (Lipinski definition) is 3. The van der Waals surface area contributed by atoms with Crippen molar-refractivity contribution in [2.24, 2.45) is 5.92 Å². The van der Waals surface area contributed by atoms with Crippen LogP contribution in [0.25, 0.3) is 0 Å². The second-order valence-corrected chi connectivity index (χ2v) is 6.02. The lowest BCUT2D eigenvalue weighted by atomic mass is 9.97. The highest BCUT2D eigenvalue weighted by atomic mass is 19.1. The van der Waals surface area contributed by atoms with Gasteiger partial charge < -0.3 is 9.80 Å². The monoisotopic (exact) mass is 320 g/mol. The Kier molecular flexibility index (Phi) is 5.13. The second-order valence-electron chi connectivity index (χ2n) is 6.02. The van der Waals surface area contributed by atoms with Crippen LogP contribution in [0.4, 0.5) is 4.39 Å². The molecule has 2 atom stereocenters. The number of likely N-dealkylation sites (N-methyl/N-ethyl adjacent to an activating group) is 2. The van der Waals surface area contributed by atoms with Gasteiger partial charge in [0.2, 0.25) is 11.8 Å². The summed E-state index contributed by atoms with van der Waals surface area (Å²) >= 11 is 0. The molecule has 124 valence electrons. The minimum absolute atomic E-state index is 0.00789. The lowest BCUT2D eigenvalue weighted by Gasteiger charge is -2.26. The minimum Gasteiger partial charge on any atom is -0.344 e. The molecule has 1 saturated heterocycles. The third-order valence-electron chi connectivity index (χ3n) is 4.30. The second kappa shape index (κ2) is 6.89. The van der Waals surface area contributed by atoms with E-state index >= 15 is 0 Å². The Balaban J connectivity index is 2.01. The molecule has 0 bridgehead atoms. The smallest absolute Gasteiger partial charge is 0.245 e. The molecule has 0 unspecified atom stereocenters. The first-order valence-electron chi connectivity index (χ1n) is 7.62. The fraction of sp³-hybridized carbons (Fsp3) is 0.471. The van der Waals surface area contributed by atoms with Gasteiger partial charge in [-0.3, -0.25) is 14.4 Å². The lowest BCUT2D eigenvalue weighted by Crippen LogP contribution is -2.44. The van der Waals surface area contributed by atoms with Crippen LogP contribution < -0.4 is 0 Å². The number of Topliss-reactive ketones (excluding diaryl/α,β-unsaturated/α-hetero) is 1. The van der Waals surface area contributed by atoms with E-state index in [1.54, 1.807) is 32.0 Å². The molecular formula is C17H21FN2O3. The standard InChI is InChI=1S/C17H21FN2O3/c1-11(10-15(21)12-6-4-5-7-13(12)18)16(22)20(3)14-8-9-19(2)17(14)23/h4-7,11,14H,8-10H2,1-3H3/t11-,14+/m0/s1. The predicted octanol–water partition coefficient (Wildman–Crippen LogP) is 1.72. The number of carbonyl (C=O) groups excluding carboxylic acids is 3. The van der Waals surface area contributed by atoms with Crippen molar-refractivity contribution in [2.45, 2.75) is 25.8 Å². The number of likely N-dealkylation sites (tertiary alicyclic amines) is 1. The summed E-state index contributed by atoms with van der Waals surface area (Å²) in [5.41, 5.74) is -0.00789. The van der Waals surface area contributed by atoms with E-state index in [-0.39, 0.29) is 23.8 Å². The highest BCUT2D eigenvalue weighted by Gasteiger charge is 2.36. The molecule has 23 heavy (non-hydrogen) atoms. The molecule has 2 amide bonds. The van der Waals surface area contributed by atoms with Crippen molar-refractivity contribution in [1.82, 2.24) is 9.80 Å². The summed E-state index contributed by atoms with van der Waals surface area (Å²) in [7, 11) is 3.28. The summed E-state index contributed by atoms with van der Waals surface area (Å²) in [4.78, 5) is 39.6. The van der Waals surface area contributed by atoms with Gasteiger partial charge in [-0.25, -0.2) is 4.39 Å². The van der Waals surface area contributed by atoms with Crippen LogP contribution in [-0.4, -0.2) is 54.1 Å². The summed E-state index contributed by atoms with van der Waals surface area (Å²) < 4.78 is 13.6. The SMILES string of the molecule is C[C@@H](CC(=O)c1ccccc1F)C(=O)N(C)[C@@H]1CCN(C)C1=O. The Bertz CT molecular complexity index is 632. The molecule has 0 N–H and O–H groups in total. The molecule has 0 aliphatic carbocycles. The molecule has 1 aliphatic heterocycles. The lowest BCUT2D eigenvalue weighted by molar-refractivity contribution is -0.142. The first-order valence-corrected chi connectivity index (χ1v) is 7.62. The van der Waals surface area contributed by atoms with Crippen molar-refractivity contribution in [3.05, 3.63) is 35.6 Å². The molecular weight excluding hydrogens is 299 g/mol. The van der Waals surface area contributed by atoms with Crippen LogP contribution in [0.2, 0.25) is 0 Å². The largest absolute Gasteiger partial charge is 0.344 e. The summed E-state index contributed by atoms with van der Waals surface area (Å²) in [6, 6.07) is 5.25. The number of hydrogen-bond donors (Lipinski definition) is 0. The number of rotatable bonds is 5. The van der Waals surface area contributed by atoms with Crippen LogP contribution in [0.1, 0.15) is 30.1 Å². The molecule has 2 rings (SSSR count). The number of nitrogens with zero attached hydrogens (tertiary/aromatic N) is 2. The Morgan fingerprint density at radius 1 is 1.39 bits per heavy atom. The first-order chi connectivity index (χ1) is 10.8. The van der Waals surface area contributed by atoms with Gasteiger partial charge in [0.15, 0.2) is 5.78 Å². The number of halogens is 1. The minimum atomic E-state index is -0.606. The summed E-state index contributed by atoms with van der Waals surface area (Å²) in [5.74, 6) is -1.96. The van der Waals surface area contributed by atoms with E-state index < -0.39 is 23.6 Å². The van der Waals surface area contributed by atoms with E-state index in [9.17, 15) is 18.8 Å². The highest BCUT2D eigenvalue weighted by molar-refractivity contribution is 5.99. The predicted molar refractivity (Wildman–Crippen MR) is 83.3 cm³/mol. The zero-order valence-electron chi connectivity index (χ0n) is 13.6. The highest BCUT2D eigenvalue weighted by Crippen LogP contribution is 2.19. The number of carbonyl (C=O) groups is 3. The maximum Gasteiger partial charge on any atom is 0.245 e. The molecule has 0 saturated carbocycles. The molecule has 0 aromatic heterocycles. The summed E-state index contributed by atoms with van der Waals surface area (Å²) in [6.45, 7) is 2.24. The summed E-state index contributed by atoms with van der Waals surface area (Å²) in [5, 5.41) is 0. The molecule has 0 radical (unpaired) electrons. The molecule has 0 spiro atoms. The average Bonchev–Trinajstić information content (AvgIpc) is 2.85. The van der Waals surface area contributed by atoms with Crippen LogP contribution in [-0.2, 0) is 9.59 Å². The Morgan fingerprint density at radius 2 is 2.04 bits per heavy atom. The Morgan fingerprint density at radius 3 is 2.61 bits per heavy atom. The summed E-state index contributed by atoms with van der Waals surface area (Å²) in [6.07, 6.45) is 0.506. The molecule has 1 fully saturated rings. The van der Waals surface area contributed by atoms with Gasteiger partial charge >= 0.3 is 0 Å². The Labute approximate surface area is 135 Å². The van der Waals surface area contributed by atoms with Gasteiger partial charge in [0, 0.05) is 33.0 Å². The zero-order valence-corrected chi connectivity index (χ0v) is 13.6. The van der Waals surface area contributed by atoms with Gasteiger partial charge in [-0.15, -0.1) is 0 Å². The molecule has 1 aliphatic rings. The third-order valence-corrected chi connectivity index (χ3v) is 4.30. The topological polar surface area (TPSA) is 57.7 Å². The fourth-order valence-electron chi connectivity index (χ4n) is 2.83. The first kappa shape index (κ1) is 17.1. The van der Waals surface area contributed by atoms with E-state index in [4.69, 9.17) is 0 Å². The fourth-order valence-corrected chi connectivity index (χ4v) is 2.83. The van der Waals surface area contributed by atoms with Crippen LogP contribution in [0.15, 0.2) is 24.3 Å². The van der Waals surface area contributed by atoms with Gasteiger partial charge in [0.05, 0.1) is 5.56 Å². The maximum absolute atomic E-state index is 13.6. The van der Waals surface area contributed by atoms with Crippen LogP contribution in [0.5, 0.6) is 0 Å². The molecule has 5 nitrogen and oxygen atoms in total. The maximum atomic E-state index is 13.6. The van der Waals surface area contributed by atoms with Crippen LogP contribution >= 0.6 is 0 Å². The van der Waals surface area contributed by atoms with Gasteiger partial charge in [0.1, 0.15) is 11.9 Å². The van der Waals surface area contributed by atoms with E-state index in [1.165, 1.54) is 23.1 Å². The van der Waals surface area contributed by atoms with Gasteiger partial charge in [-0.1, -0.05) is 19.1 Å². The van der Waals surface area contributed by atoms with Crippen molar-refractivity contribution in [2.75, 3.05) is 20.6 Å². The van der Waals surface area contributed by atoms with Gasteiger partial charge in [-0.2, -0.15) is 0 Å². The third kappa shape index (κ3) is 3.57. The quantitative estimate of drug-likeness (QED) is 0.776.